The predicted molar refractivity (Wildman–Crippen MR) is 116 cm³/mol. The normalized spacial score (nSPS) is 20.7. The summed E-state index contributed by atoms with van der Waals surface area (Å²) < 4.78 is 6.60. The van der Waals surface area contributed by atoms with Crippen molar-refractivity contribution in [3.63, 3.8) is 0 Å². The highest BCUT2D eigenvalue weighted by molar-refractivity contribution is 8.14. The quantitative estimate of drug-likeness (QED) is 0.604. The molecule has 0 bridgehead atoms. The number of ether oxygens (including phenoxy) is 1. The first-order chi connectivity index (χ1) is 13.8. The van der Waals surface area contributed by atoms with Crippen LogP contribution in [0, 0.1) is 0 Å². The minimum absolute atomic E-state index is 0.0755. The van der Waals surface area contributed by atoms with E-state index in [0.29, 0.717) is 23.9 Å². The molecule has 0 saturated heterocycles. The van der Waals surface area contributed by atoms with Crippen molar-refractivity contribution >= 4 is 23.1 Å². The van der Waals surface area contributed by atoms with E-state index in [1.807, 2.05) is 42.5 Å². The third-order valence-corrected chi connectivity index (χ3v) is 5.80. The highest BCUT2D eigenvalue weighted by Crippen LogP contribution is 2.31. The van der Waals surface area contributed by atoms with Gasteiger partial charge in [-0.3, -0.25) is 19.9 Å². The highest BCUT2D eigenvalue weighted by atomic mass is 32.2. The summed E-state index contributed by atoms with van der Waals surface area (Å²) in [5.41, 5.74) is 2.11. The lowest BCUT2D eigenvalue weighted by atomic mass is 10.1. The van der Waals surface area contributed by atoms with E-state index in [-0.39, 0.29) is 16.9 Å². The van der Waals surface area contributed by atoms with Crippen molar-refractivity contribution in [3.8, 4) is 11.3 Å². The zero-order valence-electron chi connectivity index (χ0n) is 15.6. The number of allylic oxidation sites excluding steroid dienone is 2. The molecule has 0 unspecified atom stereocenters. The Hall–Kier alpha value is -2.64. The van der Waals surface area contributed by atoms with Crippen LogP contribution in [0.15, 0.2) is 69.4 Å². The molecular weight excluding hydrogens is 372 g/mol. The lowest BCUT2D eigenvalue weighted by Crippen LogP contribution is -2.24. The van der Waals surface area contributed by atoms with Crippen LogP contribution in [0.5, 0.6) is 0 Å². The van der Waals surface area contributed by atoms with Gasteiger partial charge in [-0.1, -0.05) is 66.4 Å². The highest BCUT2D eigenvalue weighted by Gasteiger charge is 2.30. The van der Waals surface area contributed by atoms with Crippen LogP contribution in [0.25, 0.3) is 11.3 Å². The average Bonchev–Trinajstić information content (AvgIpc) is 3.30. The Morgan fingerprint density at radius 2 is 2.11 bits per heavy atom. The van der Waals surface area contributed by atoms with Crippen LogP contribution < -0.4 is 5.56 Å². The van der Waals surface area contributed by atoms with Crippen LogP contribution in [0.4, 0.5) is 0 Å². The number of aromatic amines is 1. The molecule has 0 saturated carbocycles. The SMILES string of the molecule is COCCCN=Cc1c(-c2ccccc2)[nH]n(C2=N[C@@H]3C=CC=C[C@H]3S2)c1=O. The van der Waals surface area contributed by atoms with Gasteiger partial charge in [0.1, 0.15) is 0 Å². The summed E-state index contributed by atoms with van der Waals surface area (Å²) in [7, 11) is 1.67. The molecule has 2 atom stereocenters. The molecule has 1 aliphatic carbocycles. The average molecular weight is 395 g/mol. The largest absolute Gasteiger partial charge is 0.385 e. The van der Waals surface area contributed by atoms with Gasteiger partial charge in [0, 0.05) is 32.0 Å². The minimum atomic E-state index is -0.132. The summed E-state index contributed by atoms with van der Waals surface area (Å²) in [6.45, 7) is 1.26. The molecule has 0 radical (unpaired) electrons. The zero-order valence-corrected chi connectivity index (χ0v) is 16.4. The molecule has 1 aromatic carbocycles. The summed E-state index contributed by atoms with van der Waals surface area (Å²) in [4.78, 5) is 22.3. The van der Waals surface area contributed by atoms with Crippen molar-refractivity contribution in [1.82, 2.24) is 9.78 Å². The van der Waals surface area contributed by atoms with Gasteiger partial charge in [-0.2, -0.15) is 4.68 Å². The van der Waals surface area contributed by atoms with E-state index in [1.165, 1.54) is 0 Å². The van der Waals surface area contributed by atoms with Gasteiger partial charge in [0.15, 0.2) is 5.17 Å². The summed E-state index contributed by atoms with van der Waals surface area (Å²) in [6, 6.07) is 9.90. The van der Waals surface area contributed by atoms with Gasteiger partial charge in [0.05, 0.1) is 22.5 Å². The monoisotopic (exact) mass is 394 g/mol. The van der Waals surface area contributed by atoms with Gasteiger partial charge < -0.3 is 4.74 Å². The molecular formula is C21H22N4O2S. The van der Waals surface area contributed by atoms with Crippen molar-refractivity contribution < 1.29 is 4.74 Å². The van der Waals surface area contributed by atoms with Crippen LogP contribution in [0.3, 0.4) is 0 Å². The van der Waals surface area contributed by atoms with Crippen molar-refractivity contribution in [2.24, 2.45) is 9.98 Å². The molecule has 1 N–H and O–H groups in total. The third-order valence-electron chi connectivity index (χ3n) is 4.59. The third kappa shape index (κ3) is 3.81. The molecule has 4 rings (SSSR count). The zero-order chi connectivity index (χ0) is 19.3. The molecule has 0 fully saturated rings. The molecule has 1 aliphatic heterocycles. The van der Waals surface area contributed by atoms with Gasteiger partial charge in [-0.15, -0.1) is 0 Å². The Labute approximate surface area is 167 Å². The van der Waals surface area contributed by atoms with Gasteiger partial charge in [-0.05, 0) is 6.42 Å². The molecule has 28 heavy (non-hydrogen) atoms. The van der Waals surface area contributed by atoms with Gasteiger partial charge in [0.25, 0.3) is 5.56 Å². The number of hydrogen-bond acceptors (Lipinski definition) is 5. The number of fused-ring (bicyclic) bond motifs is 1. The van der Waals surface area contributed by atoms with E-state index in [1.54, 1.807) is 29.8 Å². The summed E-state index contributed by atoms with van der Waals surface area (Å²) in [6.07, 6.45) is 10.7. The number of nitrogens with one attached hydrogen (secondary N) is 1. The van der Waals surface area contributed by atoms with Crippen molar-refractivity contribution in [3.05, 3.63) is 70.6 Å². The van der Waals surface area contributed by atoms with Gasteiger partial charge >= 0.3 is 0 Å². The first-order valence-electron chi connectivity index (χ1n) is 9.27. The smallest absolute Gasteiger partial charge is 0.282 e. The van der Waals surface area contributed by atoms with Crippen molar-refractivity contribution in [2.45, 2.75) is 17.7 Å². The van der Waals surface area contributed by atoms with E-state index in [0.717, 1.165) is 17.7 Å². The number of methoxy groups -OCH3 is 1. The van der Waals surface area contributed by atoms with Crippen molar-refractivity contribution in [2.75, 3.05) is 20.3 Å². The van der Waals surface area contributed by atoms with E-state index < -0.39 is 0 Å². The number of nitrogens with zero attached hydrogens (tertiary/aromatic N) is 3. The Kier molecular flexibility index (Phi) is 5.73. The molecule has 0 amide bonds. The maximum Gasteiger partial charge on any atom is 0.282 e. The van der Waals surface area contributed by atoms with Crippen LogP contribution in [0.2, 0.25) is 0 Å². The molecule has 6 nitrogen and oxygen atoms in total. The fourth-order valence-corrected chi connectivity index (χ4v) is 4.30. The molecule has 144 valence electrons. The Balaban J connectivity index is 1.69. The number of aliphatic imine (C=N–C) groups is 2. The lowest BCUT2D eigenvalue weighted by Gasteiger charge is -2.10. The van der Waals surface area contributed by atoms with E-state index in [4.69, 9.17) is 9.73 Å². The fourth-order valence-electron chi connectivity index (χ4n) is 3.18. The minimum Gasteiger partial charge on any atom is -0.385 e. The topological polar surface area (TPSA) is 71.7 Å². The molecule has 2 heterocycles. The Morgan fingerprint density at radius 3 is 2.89 bits per heavy atom. The molecule has 1 aromatic heterocycles. The first-order valence-corrected chi connectivity index (χ1v) is 10.1. The molecule has 2 aromatic rings. The number of rotatable bonds is 6. The van der Waals surface area contributed by atoms with Crippen LogP contribution in [0.1, 0.15) is 12.0 Å². The Bertz CT molecular complexity index is 1000. The van der Waals surface area contributed by atoms with Crippen LogP contribution in [-0.4, -0.2) is 52.7 Å². The van der Waals surface area contributed by atoms with Crippen LogP contribution >= 0.6 is 11.8 Å². The summed E-state index contributed by atoms with van der Waals surface area (Å²) in [5, 5.41) is 4.18. The van der Waals surface area contributed by atoms with Gasteiger partial charge in [0.2, 0.25) is 0 Å². The maximum atomic E-state index is 13.2. The molecule has 2 aliphatic rings. The number of benzene rings is 1. The number of aromatic nitrogens is 2. The fraction of sp³-hybridized carbons (Fsp3) is 0.286. The van der Waals surface area contributed by atoms with Crippen molar-refractivity contribution in [1.29, 1.82) is 0 Å². The summed E-state index contributed by atoms with van der Waals surface area (Å²) >= 11 is 1.60. The van der Waals surface area contributed by atoms with Crippen LogP contribution in [-0.2, 0) is 4.74 Å². The number of thioether (sulfide) groups is 1. The van der Waals surface area contributed by atoms with E-state index >= 15 is 0 Å². The molecule has 7 heteroatoms. The number of hydrogen-bond donors (Lipinski definition) is 1. The Morgan fingerprint density at radius 1 is 1.29 bits per heavy atom. The first kappa shape index (κ1) is 18.7. The predicted octanol–water partition coefficient (Wildman–Crippen LogP) is 3.11. The second-order valence-corrected chi connectivity index (χ2v) is 7.69. The van der Waals surface area contributed by atoms with E-state index in [9.17, 15) is 4.79 Å². The second-order valence-electron chi connectivity index (χ2n) is 6.54. The summed E-state index contributed by atoms with van der Waals surface area (Å²) in [5.74, 6) is 0. The molecule has 0 spiro atoms. The number of H-pyrrole nitrogens is 1. The standard InChI is InChI=1S/C21H22N4O2S/c1-27-13-7-12-22-14-16-19(15-8-3-2-4-9-15)24-25(20(16)26)21-23-17-10-5-6-11-18(17)28-21/h2-6,8-11,14,17-18,24H,7,12-13H2,1H3/t17-,18-/m1/s1. The lowest BCUT2D eigenvalue weighted by molar-refractivity contribution is 0.197. The van der Waals surface area contributed by atoms with E-state index in [2.05, 4.69) is 22.2 Å². The maximum absolute atomic E-state index is 13.2. The second kappa shape index (κ2) is 8.58. The van der Waals surface area contributed by atoms with Gasteiger partial charge in [-0.25, -0.2) is 0 Å².